The smallest absolute Gasteiger partial charge is 0.261 e. The largest absolute Gasteiger partial charge is 0.375 e. The zero-order valence-electron chi connectivity index (χ0n) is 12.6. The van der Waals surface area contributed by atoms with Crippen LogP contribution in [0.5, 0.6) is 0 Å². The molecule has 0 radical (unpaired) electrons. The monoisotopic (exact) mass is 353 g/mol. The molecule has 0 saturated carbocycles. The molecule has 0 heterocycles. The summed E-state index contributed by atoms with van der Waals surface area (Å²) < 4.78 is 27.5. The molecule has 0 aromatic heterocycles. The first-order valence-corrected chi connectivity index (χ1v) is 8.47. The average molecular weight is 354 g/mol. The van der Waals surface area contributed by atoms with E-state index in [2.05, 4.69) is 4.72 Å². The van der Waals surface area contributed by atoms with Crippen LogP contribution < -0.4 is 15.4 Å². The molecule has 0 unspecified atom stereocenters. The Morgan fingerprint density at radius 1 is 1.13 bits per heavy atom. The Labute approximate surface area is 139 Å². The molecule has 3 N–H and O–H groups in total. The van der Waals surface area contributed by atoms with E-state index in [4.69, 9.17) is 17.3 Å². The van der Waals surface area contributed by atoms with Crippen LogP contribution >= 0.6 is 11.6 Å². The molecule has 23 heavy (non-hydrogen) atoms. The summed E-state index contributed by atoms with van der Waals surface area (Å²) in [5.41, 5.74) is 6.30. The Morgan fingerprint density at radius 3 is 2.26 bits per heavy atom. The summed E-state index contributed by atoms with van der Waals surface area (Å²) in [7, 11) is -0.287. The van der Waals surface area contributed by atoms with E-state index in [1.165, 1.54) is 24.3 Å². The summed E-state index contributed by atoms with van der Waals surface area (Å²) in [6.45, 7) is 0. The van der Waals surface area contributed by atoms with Crippen molar-refractivity contribution in [1.29, 1.82) is 0 Å². The number of nitrogens with one attached hydrogen (secondary N) is 1. The normalized spacial score (nSPS) is 11.1. The Bertz CT molecular complexity index is 834. The van der Waals surface area contributed by atoms with Gasteiger partial charge in [-0.15, -0.1) is 0 Å². The van der Waals surface area contributed by atoms with Crippen molar-refractivity contribution in [2.75, 3.05) is 23.7 Å². The predicted molar refractivity (Wildman–Crippen MR) is 91.5 cm³/mol. The number of hydrogen-bond acceptors (Lipinski definition) is 4. The molecule has 6 nitrogen and oxygen atoms in total. The maximum absolute atomic E-state index is 12.5. The van der Waals surface area contributed by atoms with Crippen LogP contribution in [0.25, 0.3) is 0 Å². The van der Waals surface area contributed by atoms with Crippen LogP contribution in [0.1, 0.15) is 10.4 Å². The molecule has 8 heteroatoms. The van der Waals surface area contributed by atoms with Gasteiger partial charge in [-0.25, -0.2) is 8.42 Å². The van der Waals surface area contributed by atoms with Gasteiger partial charge in [-0.05, 0) is 36.4 Å². The number of hydrogen-bond donors (Lipinski definition) is 2. The van der Waals surface area contributed by atoms with Crippen LogP contribution in [0.3, 0.4) is 0 Å². The first-order valence-electron chi connectivity index (χ1n) is 6.61. The highest BCUT2D eigenvalue weighted by Gasteiger charge is 2.18. The molecule has 2 rings (SSSR count). The predicted octanol–water partition coefficient (Wildman–Crippen LogP) is 2.31. The second-order valence-corrected chi connectivity index (χ2v) is 7.11. The van der Waals surface area contributed by atoms with Gasteiger partial charge in [-0.2, -0.15) is 0 Å². The second kappa shape index (κ2) is 6.47. The summed E-state index contributed by atoms with van der Waals surface area (Å²) in [6, 6.07) is 10.3. The van der Waals surface area contributed by atoms with Crippen molar-refractivity contribution < 1.29 is 13.2 Å². The molecule has 2 aromatic rings. The third-order valence-electron chi connectivity index (χ3n) is 3.13. The van der Waals surface area contributed by atoms with Crippen molar-refractivity contribution in [1.82, 2.24) is 0 Å². The van der Waals surface area contributed by atoms with Gasteiger partial charge in [0.2, 0.25) is 5.91 Å². The first kappa shape index (κ1) is 17.1. The molecule has 0 bridgehead atoms. The number of amides is 1. The summed E-state index contributed by atoms with van der Waals surface area (Å²) >= 11 is 6.13. The van der Waals surface area contributed by atoms with Crippen LogP contribution in [0.4, 0.5) is 11.4 Å². The lowest BCUT2D eigenvalue weighted by molar-refractivity contribution is 0.1000. The lowest BCUT2D eigenvalue weighted by Crippen LogP contribution is -2.18. The molecule has 0 saturated heterocycles. The number of nitrogens with zero attached hydrogens (tertiary/aromatic N) is 1. The van der Waals surface area contributed by atoms with Gasteiger partial charge in [0.1, 0.15) is 0 Å². The SMILES string of the molecule is CN(C)c1c(Cl)cccc1NS(=O)(=O)c1ccc(C(N)=O)cc1. The van der Waals surface area contributed by atoms with E-state index in [0.29, 0.717) is 16.4 Å². The van der Waals surface area contributed by atoms with Crippen LogP contribution in [-0.4, -0.2) is 28.4 Å². The van der Waals surface area contributed by atoms with E-state index < -0.39 is 15.9 Å². The Kier molecular flexibility index (Phi) is 4.82. The first-order chi connectivity index (χ1) is 10.7. The number of nitrogens with two attached hydrogens (primary N) is 1. The summed E-state index contributed by atoms with van der Waals surface area (Å²) in [5.74, 6) is -0.619. The van der Waals surface area contributed by atoms with E-state index in [1.807, 2.05) is 0 Å². The molecular weight excluding hydrogens is 338 g/mol. The fraction of sp³-hybridized carbons (Fsp3) is 0.133. The lowest BCUT2D eigenvalue weighted by Gasteiger charge is -2.20. The summed E-state index contributed by atoms with van der Waals surface area (Å²) in [4.78, 5) is 12.8. The summed E-state index contributed by atoms with van der Waals surface area (Å²) in [5, 5.41) is 0.430. The molecule has 122 valence electrons. The fourth-order valence-corrected chi connectivity index (χ4v) is 3.46. The number of benzene rings is 2. The Hall–Kier alpha value is -2.25. The summed E-state index contributed by atoms with van der Waals surface area (Å²) in [6.07, 6.45) is 0. The molecule has 0 fully saturated rings. The van der Waals surface area contributed by atoms with Gasteiger partial charge in [0.15, 0.2) is 0 Å². The Morgan fingerprint density at radius 2 is 1.74 bits per heavy atom. The Balaban J connectivity index is 2.39. The van der Waals surface area contributed by atoms with Gasteiger partial charge in [-0.1, -0.05) is 17.7 Å². The van der Waals surface area contributed by atoms with Gasteiger partial charge in [0.05, 0.1) is 21.3 Å². The number of carbonyl (C=O) groups excluding carboxylic acids is 1. The quantitative estimate of drug-likeness (QED) is 0.862. The average Bonchev–Trinajstić information content (AvgIpc) is 2.46. The fourth-order valence-electron chi connectivity index (χ4n) is 2.05. The van der Waals surface area contributed by atoms with E-state index >= 15 is 0 Å². The van der Waals surface area contributed by atoms with E-state index in [9.17, 15) is 13.2 Å². The highest BCUT2D eigenvalue weighted by Crippen LogP contribution is 2.33. The van der Waals surface area contributed by atoms with Gasteiger partial charge in [-0.3, -0.25) is 9.52 Å². The van der Waals surface area contributed by atoms with E-state index in [-0.39, 0.29) is 10.5 Å². The van der Waals surface area contributed by atoms with Crippen LogP contribution in [0.2, 0.25) is 5.02 Å². The number of rotatable bonds is 5. The van der Waals surface area contributed by atoms with E-state index in [1.54, 1.807) is 37.2 Å². The molecule has 0 atom stereocenters. The number of anilines is 2. The van der Waals surface area contributed by atoms with Crippen molar-refractivity contribution in [2.24, 2.45) is 5.73 Å². The maximum Gasteiger partial charge on any atom is 0.261 e. The van der Waals surface area contributed by atoms with Gasteiger partial charge in [0.25, 0.3) is 10.0 Å². The van der Waals surface area contributed by atoms with Gasteiger partial charge >= 0.3 is 0 Å². The zero-order chi connectivity index (χ0) is 17.2. The van der Waals surface area contributed by atoms with Crippen LogP contribution in [-0.2, 0) is 10.0 Å². The standard InChI is InChI=1S/C15H16ClN3O3S/c1-19(2)14-12(16)4-3-5-13(14)18-23(21,22)11-8-6-10(7-9-11)15(17)20/h3-9,18H,1-2H3,(H2,17,20). The molecule has 0 aliphatic heterocycles. The third-order valence-corrected chi connectivity index (χ3v) is 4.81. The number of para-hydroxylation sites is 1. The highest BCUT2D eigenvalue weighted by molar-refractivity contribution is 7.92. The zero-order valence-corrected chi connectivity index (χ0v) is 14.1. The number of primary amides is 1. The van der Waals surface area contributed by atoms with Crippen molar-refractivity contribution in [3.05, 3.63) is 53.1 Å². The second-order valence-electron chi connectivity index (χ2n) is 5.02. The minimum Gasteiger partial charge on any atom is -0.375 e. The molecular formula is C15H16ClN3O3S. The van der Waals surface area contributed by atoms with Crippen molar-refractivity contribution in [3.63, 3.8) is 0 Å². The van der Waals surface area contributed by atoms with Crippen molar-refractivity contribution in [2.45, 2.75) is 4.90 Å². The topological polar surface area (TPSA) is 92.5 Å². The number of sulfonamides is 1. The molecule has 0 aliphatic rings. The molecule has 2 aromatic carbocycles. The number of carbonyl (C=O) groups is 1. The van der Waals surface area contributed by atoms with Crippen molar-refractivity contribution in [3.8, 4) is 0 Å². The third kappa shape index (κ3) is 3.75. The van der Waals surface area contributed by atoms with Crippen LogP contribution in [0.15, 0.2) is 47.4 Å². The van der Waals surface area contributed by atoms with Crippen LogP contribution in [0, 0.1) is 0 Å². The lowest BCUT2D eigenvalue weighted by atomic mass is 10.2. The molecule has 0 aliphatic carbocycles. The number of halogens is 1. The minimum atomic E-state index is -3.82. The van der Waals surface area contributed by atoms with Crippen molar-refractivity contribution >= 4 is 38.9 Å². The van der Waals surface area contributed by atoms with Gasteiger partial charge in [0, 0.05) is 19.7 Å². The van der Waals surface area contributed by atoms with E-state index in [0.717, 1.165) is 0 Å². The van der Waals surface area contributed by atoms with Gasteiger partial charge < -0.3 is 10.6 Å². The molecule has 1 amide bonds. The maximum atomic E-state index is 12.5. The minimum absolute atomic E-state index is 0.0205. The highest BCUT2D eigenvalue weighted by atomic mass is 35.5. The molecule has 0 spiro atoms.